The summed E-state index contributed by atoms with van der Waals surface area (Å²) in [7, 11) is 0. The summed E-state index contributed by atoms with van der Waals surface area (Å²) in [5.74, 6) is -1.00. The number of carboxylic acids is 1. The Balaban J connectivity index is 1.98. The Bertz CT molecular complexity index is 763. The van der Waals surface area contributed by atoms with Crippen molar-refractivity contribution in [3.05, 3.63) is 65.2 Å². The SMILES string of the molecule is O=C(O)CC/C(=N/NC(=O)COc1ccccc1Cl)c1ccccc1. The number of carbonyl (C=O) groups excluding carboxylic acids is 1. The fourth-order valence-corrected chi connectivity index (χ4v) is 2.18. The third kappa shape index (κ3) is 6.27. The van der Waals surface area contributed by atoms with E-state index < -0.39 is 11.9 Å². The van der Waals surface area contributed by atoms with Crippen LogP contribution in [-0.2, 0) is 9.59 Å². The summed E-state index contributed by atoms with van der Waals surface area (Å²) >= 11 is 5.95. The normalized spacial score (nSPS) is 11.0. The number of ether oxygens (including phenoxy) is 1. The van der Waals surface area contributed by atoms with Gasteiger partial charge in [-0.1, -0.05) is 54.1 Å². The molecule has 0 aliphatic heterocycles. The minimum absolute atomic E-state index is 0.0836. The number of aliphatic carboxylic acids is 1. The number of amides is 1. The summed E-state index contributed by atoms with van der Waals surface area (Å²) in [5.41, 5.74) is 3.61. The van der Waals surface area contributed by atoms with Crippen LogP contribution in [-0.4, -0.2) is 29.3 Å². The zero-order valence-electron chi connectivity index (χ0n) is 13.3. The minimum Gasteiger partial charge on any atom is -0.482 e. The molecule has 6 nitrogen and oxygen atoms in total. The molecular formula is C18H17ClN2O4. The molecule has 0 spiro atoms. The van der Waals surface area contributed by atoms with Crippen LogP contribution in [0, 0.1) is 0 Å². The van der Waals surface area contributed by atoms with Gasteiger partial charge in [-0.2, -0.15) is 5.10 Å². The summed E-state index contributed by atoms with van der Waals surface area (Å²) in [6, 6.07) is 15.9. The summed E-state index contributed by atoms with van der Waals surface area (Å²) in [6.07, 6.45) is 0.116. The molecular weight excluding hydrogens is 344 g/mol. The van der Waals surface area contributed by atoms with Crippen LogP contribution in [0.4, 0.5) is 0 Å². The van der Waals surface area contributed by atoms with Crippen molar-refractivity contribution in [2.75, 3.05) is 6.61 Å². The number of halogens is 1. The number of nitrogens with zero attached hydrogens (tertiary/aromatic N) is 1. The minimum atomic E-state index is -0.933. The maximum absolute atomic E-state index is 11.9. The van der Waals surface area contributed by atoms with Gasteiger partial charge in [0.05, 0.1) is 17.2 Å². The van der Waals surface area contributed by atoms with Crippen LogP contribution in [0.1, 0.15) is 18.4 Å². The van der Waals surface area contributed by atoms with Crippen LogP contribution in [0.15, 0.2) is 59.7 Å². The van der Waals surface area contributed by atoms with Gasteiger partial charge >= 0.3 is 5.97 Å². The molecule has 25 heavy (non-hydrogen) atoms. The van der Waals surface area contributed by atoms with E-state index in [4.69, 9.17) is 21.4 Å². The molecule has 130 valence electrons. The van der Waals surface area contributed by atoms with Crippen LogP contribution in [0.5, 0.6) is 5.75 Å². The third-order valence-corrected chi connectivity index (χ3v) is 3.51. The number of hydrogen-bond acceptors (Lipinski definition) is 4. The van der Waals surface area contributed by atoms with Crippen molar-refractivity contribution in [2.45, 2.75) is 12.8 Å². The number of carbonyl (C=O) groups is 2. The molecule has 0 radical (unpaired) electrons. The number of para-hydroxylation sites is 1. The monoisotopic (exact) mass is 360 g/mol. The molecule has 0 saturated carbocycles. The maximum Gasteiger partial charge on any atom is 0.303 e. The molecule has 0 aromatic heterocycles. The number of hydrazone groups is 1. The molecule has 2 aromatic carbocycles. The van der Waals surface area contributed by atoms with Gasteiger partial charge in [-0.3, -0.25) is 9.59 Å². The van der Waals surface area contributed by atoms with Crippen LogP contribution >= 0.6 is 11.6 Å². The van der Waals surface area contributed by atoms with Crippen LogP contribution in [0.2, 0.25) is 5.02 Å². The second-order valence-corrected chi connectivity index (χ2v) is 5.48. The topological polar surface area (TPSA) is 88.0 Å². The Morgan fingerprint density at radius 2 is 1.72 bits per heavy atom. The predicted octanol–water partition coefficient (Wildman–Crippen LogP) is 3.10. The molecule has 2 rings (SSSR count). The highest BCUT2D eigenvalue weighted by atomic mass is 35.5. The van der Waals surface area contributed by atoms with Gasteiger partial charge in [-0.05, 0) is 17.7 Å². The maximum atomic E-state index is 11.9. The number of carboxylic acid groups (broad SMARTS) is 1. The molecule has 1 amide bonds. The molecule has 0 aliphatic rings. The first-order valence-corrected chi connectivity index (χ1v) is 7.94. The molecule has 0 fully saturated rings. The summed E-state index contributed by atoms with van der Waals surface area (Å²) in [6.45, 7) is -0.256. The van der Waals surface area contributed by atoms with Crippen molar-refractivity contribution in [1.29, 1.82) is 0 Å². The number of nitrogens with one attached hydrogen (secondary N) is 1. The van der Waals surface area contributed by atoms with Gasteiger partial charge in [0.1, 0.15) is 5.75 Å². The van der Waals surface area contributed by atoms with Crippen LogP contribution < -0.4 is 10.2 Å². The molecule has 0 aliphatic carbocycles. The molecule has 0 unspecified atom stereocenters. The fourth-order valence-electron chi connectivity index (χ4n) is 1.99. The van der Waals surface area contributed by atoms with Crippen LogP contribution in [0.3, 0.4) is 0 Å². The first-order chi connectivity index (χ1) is 12.1. The lowest BCUT2D eigenvalue weighted by atomic mass is 10.1. The van der Waals surface area contributed by atoms with E-state index in [9.17, 15) is 9.59 Å². The standard InChI is InChI=1S/C18H17ClN2O4/c19-14-8-4-5-9-16(14)25-12-17(22)21-20-15(10-11-18(23)24)13-6-2-1-3-7-13/h1-9H,10-12H2,(H,21,22)(H,23,24)/b20-15-. The van der Waals surface area contributed by atoms with Crippen molar-refractivity contribution in [1.82, 2.24) is 5.43 Å². The van der Waals surface area contributed by atoms with Gasteiger partial charge in [-0.25, -0.2) is 5.43 Å². The van der Waals surface area contributed by atoms with Gasteiger partial charge in [0, 0.05) is 6.42 Å². The second-order valence-electron chi connectivity index (χ2n) is 5.07. The van der Waals surface area contributed by atoms with E-state index in [0.717, 1.165) is 5.56 Å². The molecule has 2 aromatic rings. The summed E-state index contributed by atoms with van der Waals surface area (Å²) in [5, 5.41) is 13.3. The van der Waals surface area contributed by atoms with E-state index in [-0.39, 0.29) is 19.4 Å². The predicted molar refractivity (Wildman–Crippen MR) is 94.9 cm³/mol. The molecule has 7 heteroatoms. The number of benzene rings is 2. The first-order valence-electron chi connectivity index (χ1n) is 7.56. The highest BCUT2D eigenvalue weighted by molar-refractivity contribution is 6.32. The molecule has 0 bridgehead atoms. The Labute approximate surface area is 150 Å². The first kappa shape index (κ1) is 18.5. The smallest absolute Gasteiger partial charge is 0.303 e. The van der Waals surface area contributed by atoms with Gasteiger partial charge in [0.25, 0.3) is 5.91 Å². The average molecular weight is 361 g/mol. The number of rotatable bonds is 8. The highest BCUT2D eigenvalue weighted by Gasteiger charge is 2.09. The molecule has 0 heterocycles. The second kappa shape index (κ2) is 9.44. The van der Waals surface area contributed by atoms with Gasteiger partial charge in [0.15, 0.2) is 6.61 Å². The summed E-state index contributed by atoms with van der Waals surface area (Å²) in [4.78, 5) is 22.7. The van der Waals surface area contributed by atoms with Crippen molar-refractivity contribution >= 4 is 29.2 Å². The Kier molecular flexibility index (Phi) is 6.98. The van der Waals surface area contributed by atoms with E-state index in [1.165, 1.54) is 0 Å². The highest BCUT2D eigenvalue weighted by Crippen LogP contribution is 2.22. The third-order valence-electron chi connectivity index (χ3n) is 3.19. The lowest BCUT2D eigenvalue weighted by Crippen LogP contribution is -2.26. The zero-order chi connectivity index (χ0) is 18.1. The van der Waals surface area contributed by atoms with Crippen molar-refractivity contribution < 1.29 is 19.4 Å². The zero-order valence-corrected chi connectivity index (χ0v) is 14.1. The van der Waals surface area contributed by atoms with Gasteiger partial charge in [0.2, 0.25) is 0 Å². The lowest BCUT2D eigenvalue weighted by Gasteiger charge is -2.08. The van der Waals surface area contributed by atoms with Gasteiger partial charge < -0.3 is 9.84 Å². The van der Waals surface area contributed by atoms with E-state index in [1.54, 1.807) is 36.4 Å². The Morgan fingerprint density at radius 1 is 1.04 bits per heavy atom. The van der Waals surface area contributed by atoms with E-state index >= 15 is 0 Å². The van der Waals surface area contributed by atoms with E-state index in [0.29, 0.717) is 16.5 Å². The van der Waals surface area contributed by atoms with E-state index in [1.807, 2.05) is 18.2 Å². The Hall–Kier alpha value is -2.86. The molecule has 2 N–H and O–H groups in total. The van der Waals surface area contributed by atoms with Crippen LogP contribution in [0.25, 0.3) is 0 Å². The average Bonchev–Trinajstić information content (AvgIpc) is 2.61. The largest absolute Gasteiger partial charge is 0.482 e. The summed E-state index contributed by atoms with van der Waals surface area (Å²) < 4.78 is 5.33. The number of hydrogen-bond donors (Lipinski definition) is 2. The molecule has 0 atom stereocenters. The Morgan fingerprint density at radius 3 is 2.40 bits per heavy atom. The van der Waals surface area contributed by atoms with Crippen molar-refractivity contribution in [3.8, 4) is 5.75 Å². The quantitative estimate of drug-likeness (QED) is 0.559. The van der Waals surface area contributed by atoms with Gasteiger partial charge in [-0.15, -0.1) is 0 Å². The van der Waals surface area contributed by atoms with Crippen molar-refractivity contribution in [2.24, 2.45) is 5.10 Å². The van der Waals surface area contributed by atoms with E-state index in [2.05, 4.69) is 10.5 Å². The molecule has 0 saturated heterocycles. The van der Waals surface area contributed by atoms with Crippen molar-refractivity contribution in [3.63, 3.8) is 0 Å². The fraction of sp³-hybridized carbons (Fsp3) is 0.167. The lowest BCUT2D eigenvalue weighted by molar-refractivity contribution is -0.136.